The Balaban J connectivity index is 2.16. The van der Waals surface area contributed by atoms with Gasteiger partial charge in [0.05, 0.1) is 27.6 Å². The van der Waals surface area contributed by atoms with Crippen molar-refractivity contribution in [1.29, 1.82) is 0 Å². The van der Waals surface area contributed by atoms with E-state index >= 15 is 0 Å². The Morgan fingerprint density at radius 1 is 1.40 bits per heavy atom. The molecule has 1 heterocycles. The number of anilines is 1. The van der Waals surface area contributed by atoms with E-state index in [1.807, 2.05) is 18.2 Å². The van der Waals surface area contributed by atoms with Crippen LogP contribution in [0.3, 0.4) is 0 Å². The highest BCUT2D eigenvalue weighted by molar-refractivity contribution is 7.85. The van der Waals surface area contributed by atoms with Crippen LogP contribution in [0.1, 0.15) is 12.8 Å². The Morgan fingerprint density at radius 2 is 2.20 bits per heavy atom. The highest BCUT2D eigenvalue weighted by atomic mass is 32.2. The highest BCUT2D eigenvalue weighted by Crippen LogP contribution is 2.22. The average molecular weight is 225 g/mol. The van der Waals surface area contributed by atoms with E-state index in [0.29, 0.717) is 12.3 Å². The number of rotatable bonds is 2. The van der Waals surface area contributed by atoms with Crippen LogP contribution in [0.5, 0.6) is 0 Å². The summed E-state index contributed by atoms with van der Waals surface area (Å²) in [6.45, 7) is 1.37. The summed E-state index contributed by atoms with van der Waals surface area (Å²) in [7, 11) is -1.03. The maximum Gasteiger partial charge on any atom is 0.0630 e. The predicted octanol–water partition coefficient (Wildman–Crippen LogP) is 1.56. The van der Waals surface area contributed by atoms with Gasteiger partial charge in [-0.15, -0.1) is 0 Å². The summed E-state index contributed by atoms with van der Waals surface area (Å²) in [6, 6.07) is 7.34. The molecule has 1 aliphatic rings. The lowest BCUT2D eigenvalue weighted by Crippen LogP contribution is -2.27. The van der Waals surface area contributed by atoms with E-state index in [1.165, 1.54) is 0 Å². The molecule has 0 amide bonds. The predicted molar refractivity (Wildman–Crippen MR) is 61.1 cm³/mol. The van der Waals surface area contributed by atoms with E-state index in [1.54, 1.807) is 6.07 Å². The van der Waals surface area contributed by atoms with E-state index in [9.17, 15) is 4.21 Å². The zero-order valence-electron chi connectivity index (χ0n) is 8.52. The van der Waals surface area contributed by atoms with E-state index in [-0.39, 0.29) is 5.25 Å². The number of hydrogen-bond donors (Lipinski definition) is 1. The van der Waals surface area contributed by atoms with Gasteiger partial charge in [0.15, 0.2) is 0 Å². The minimum absolute atomic E-state index is 0.100. The third-order valence-corrected chi connectivity index (χ3v) is 4.34. The van der Waals surface area contributed by atoms with E-state index in [0.717, 1.165) is 24.3 Å². The molecule has 2 atom stereocenters. The van der Waals surface area contributed by atoms with E-state index < -0.39 is 10.8 Å². The molecule has 2 N–H and O–H groups in total. The number of hydrogen-bond acceptors (Lipinski definition) is 3. The molecule has 1 aliphatic heterocycles. The monoisotopic (exact) mass is 225 g/mol. The first-order valence-corrected chi connectivity index (χ1v) is 6.33. The molecule has 0 aromatic heterocycles. The van der Waals surface area contributed by atoms with Gasteiger partial charge in [0.25, 0.3) is 0 Å². The third-order valence-electron chi connectivity index (χ3n) is 2.56. The molecule has 0 bridgehead atoms. The van der Waals surface area contributed by atoms with Crippen LogP contribution in [0.15, 0.2) is 29.2 Å². The van der Waals surface area contributed by atoms with Crippen molar-refractivity contribution in [3.8, 4) is 0 Å². The van der Waals surface area contributed by atoms with Gasteiger partial charge in [-0.25, -0.2) is 0 Å². The quantitative estimate of drug-likeness (QED) is 0.777. The summed E-state index contributed by atoms with van der Waals surface area (Å²) in [6.07, 6.45) is 1.95. The molecule has 1 aromatic rings. The van der Waals surface area contributed by atoms with Gasteiger partial charge < -0.3 is 10.5 Å². The topological polar surface area (TPSA) is 52.3 Å². The molecule has 0 saturated carbocycles. The van der Waals surface area contributed by atoms with Gasteiger partial charge in [-0.3, -0.25) is 4.21 Å². The second kappa shape index (κ2) is 4.77. The Labute approximate surface area is 92.1 Å². The maximum absolute atomic E-state index is 12.2. The first kappa shape index (κ1) is 10.6. The van der Waals surface area contributed by atoms with Crippen molar-refractivity contribution >= 4 is 16.5 Å². The summed E-state index contributed by atoms with van der Waals surface area (Å²) in [5.41, 5.74) is 6.41. The fourth-order valence-corrected chi connectivity index (χ4v) is 3.20. The molecule has 3 nitrogen and oxygen atoms in total. The molecule has 1 aromatic carbocycles. The van der Waals surface area contributed by atoms with Crippen molar-refractivity contribution in [2.75, 3.05) is 18.9 Å². The Morgan fingerprint density at radius 3 is 2.87 bits per heavy atom. The number of benzene rings is 1. The lowest BCUT2D eigenvalue weighted by molar-refractivity contribution is 0.100. The highest BCUT2D eigenvalue weighted by Gasteiger charge is 2.22. The smallest absolute Gasteiger partial charge is 0.0630 e. The molecule has 1 fully saturated rings. The summed E-state index contributed by atoms with van der Waals surface area (Å²) in [4.78, 5) is 0.744. The molecule has 15 heavy (non-hydrogen) atoms. The Bertz CT molecular complexity index is 361. The lowest BCUT2D eigenvalue weighted by atomic mass is 10.2. The number of para-hydroxylation sites is 1. The van der Waals surface area contributed by atoms with Crippen LogP contribution < -0.4 is 5.73 Å². The van der Waals surface area contributed by atoms with Crippen LogP contribution >= 0.6 is 0 Å². The molecule has 2 rings (SSSR count). The van der Waals surface area contributed by atoms with Gasteiger partial charge in [-0.05, 0) is 25.0 Å². The molecule has 0 spiro atoms. The molecular weight excluding hydrogens is 210 g/mol. The van der Waals surface area contributed by atoms with Crippen molar-refractivity contribution in [3.63, 3.8) is 0 Å². The minimum Gasteiger partial charge on any atom is -0.398 e. The number of nitrogen functional groups attached to an aromatic ring is 1. The minimum atomic E-state index is -1.03. The third kappa shape index (κ3) is 2.38. The summed E-state index contributed by atoms with van der Waals surface area (Å²) in [5, 5.41) is 0.100. The second-order valence-electron chi connectivity index (χ2n) is 3.67. The van der Waals surface area contributed by atoms with Crippen LogP contribution in [0.25, 0.3) is 0 Å². The van der Waals surface area contributed by atoms with Crippen molar-refractivity contribution in [2.24, 2.45) is 0 Å². The summed E-state index contributed by atoms with van der Waals surface area (Å²) in [5.74, 6) is 0. The lowest BCUT2D eigenvalue weighted by Gasteiger charge is -2.21. The van der Waals surface area contributed by atoms with E-state index in [2.05, 4.69) is 0 Å². The largest absolute Gasteiger partial charge is 0.398 e. The molecule has 0 aliphatic carbocycles. The summed E-state index contributed by atoms with van der Waals surface area (Å²) >= 11 is 0. The fourth-order valence-electron chi connectivity index (χ4n) is 1.72. The van der Waals surface area contributed by atoms with Crippen molar-refractivity contribution in [1.82, 2.24) is 0 Å². The maximum atomic E-state index is 12.2. The van der Waals surface area contributed by atoms with Crippen LogP contribution in [0.4, 0.5) is 5.69 Å². The molecule has 82 valence electrons. The zero-order valence-corrected chi connectivity index (χ0v) is 9.33. The van der Waals surface area contributed by atoms with E-state index in [4.69, 9.17) is 10.5 Å². The molecule has 4 heteroatoms. The number of nitrogens with two attached hydrogens (primary N) is 1. The number of ether oxygens (including phenoxy) is 1. The van der Waals surface area contributed by atoms with Crippen molar-refractivity contribution in [3.05, 3.63) is 24.3 Å². The van der Waals surface area contributed by atoms with Gasteiger partial charge in [0.2, 0.25) is 0 Å². The SMILES string of the molecule is Nc1ccccc1S(=O)C1CCCOC1. The van der Waals surface area contributed by atoms with Gasteiger partial charge in [-0.2, -0.15) is 0 Å². The Kier molecular flexibility index (Phi) is 3.38. The molecule has 0 radical (unpaired) electrons. The molecule has 2 unspecified atom stereocenters. The average Bonchev–Trinajstić information content (AvgIpc) is 2.30. The van der Waals surface area contributed by atoms with Crippen LogP contribution in [0, 0.1) is 0 Å². The fraction of sp³-hybridized carbons (Fsp3) is 0.455. The molecular formula is C11H15NO2S. The Hall–Kier alpha value is -0.870. The van der Waals surface area contributed by atoms with Crippen LogP contribution in [-0.4, -0.2) is 22.7 Å². The normalized spacial score (nSPS) is 23.6. The van der Waals surface area contributed by atoms with Gasteiger partial charge in [0, 0.05) is 12.3 Å². The van der Waals surface area contributed by atoms with Crippen molar-refractivity contribution < 1.29 is 8.95 Å². The van der Waals surface area contributed by atoms with Crippen molar-refractivity contribution in [2.45, 2.75) is 23.0 Å². The first-order chi connectivity index (χ1) is 7.29. The zero-order chi connectivity index (χ0) is 10.7. The first-order valence-electron chi connectivity index (χ1n) is 5.12. The van der Waals surface area contributed by atoms with Crippen LogP contribution in [0.2, 0.25) is 0 Å². The standard InChI is InChI=1S/C11H15NO2S/c12-10-5-1-2-6-11(10)15(13)9-4-3-7-14-8-9/h1-2,5-6,9H,3-4,7-8,12H2. The summed E-state index contributed by atoms with van der Waals surface area (Å²) < 4.78 is 17.5. The van der Waals surface area contributed by atoms with Gasteiger partial charge >= 0.3 is 0 Å². The molecule has 1 saturated heterocycles. The van der Waals surface area contributed by atoms with Crippen LogP contribution in [-0.2, 0) is 15.5 Å². The van der Waals surface area contributed by atoms with Gasteiger partial charge in [-0.1, -0.05) is 12.1 Å². The second-order valence-corrected chi connectivity index (χ2v) is 5.38. The van der Waals surface area contributed by atoms with Gasteiger partial charge in [0.1, 0.15) is 0 Å².